The normalized spacial score (nSPS) is 19.8. The molecule has 0 bridgehead atoms. The third kappa shape index (κ3) is 4.25. The Kier molecular flexibility index (Phi) is 5.88. The Balaban J connectivity index is 2.06. The lowest BCUT2D eigenvalue weighted by atomic mass is 9.93. The fourth-order valence-electron chi connectivity index (χ4n) is 2.19. The molecule has 0 aromatic rings. The third-order valence-corrected chi connectivity index (χ3v) is 3.16. The van der Waals surface area contributed by atoms with Crippen LogP contribution in [0.1, 0.15) is 32.1 Å². The highest BCUT2D eigenvalue weighted by atomic mass is 15.1. The summed E-state index contributed by atoms with van der Waals surface area (Å²) in [6.45, 7) is 8.42. The van der Waals surface area contributed by atoms with Crippen LogP contribution in [0.3, 0.4) is 0 Å². The molecule has 0 unspecified atom stereocenters. The summed E-state index contributed by atoms with van der Waals surface area (Å²) in [6, 6.07) is 0. The molecule has 2 heteroatoms. The molecule has 2 nitrogen and oxygen atoms in total. The first kappa shape index (κ1) is 11.7. The molecule has 0 spiro atoms. The largest absolute Gasteiger partial charge is 0.330 e. The molecule has 0 atom stereocenters. The summed E-state index contributed by atoms with van der Waals surface area (Å²) >= 11 is 0. The third-order valence-electron chi connectivity index (χ3n) is 3.16. The first-order chi connectivity index (χ1) is 6.86. The number of hydrogen-bond acceptors (Lipinski definition) is 2. The number of allylic oxidation sites excluding steroid dienone is 1. The van der Waals surface area contributed by atoms with E-state index in [1.807, 2.05) is 6.08 Å². The van der Waals surface area contributed by atoms with Gasteiger partial charge in [0.15, 0.2) is 0 Å². The Morgan fingerprint density at radius 2 is 2.07 bits per heavy atom. The van der Waals surface area contributed by atoms with Crippen LogP contribution in [-0.4, -0.2) is 31.1 Å². The molecule has 0 aromatic carbocycles. The van der Waals surface area contributed by atoms with Gasteiger partial charge in [-0.25, -0.2) is 0 Å². The second kappa shape index (κ2) is 7.02. The highest BCUT2D eigenvalue weighted by molar-refractivity contribution is 4.74. The molecule has 1 aliphatic heterocycles. The van der Waals surface area contributed by atoms with Gasteiger partial charge < -0.3 is 10.6 Å². The second-order valence-corrected chi connectivity index (χ2v) is 4.29. The number of likely N-dealkylation sites (tertiary alicyclic amines) is 1. The summed E-state index contributed by atoms with van der Waals surface area (Å²) in [5.74, 6) is 0.899. The van der Waals surface area contributed by atoms with Crippen molar-refractivity contribution in [2.24, 2.45) is 11.7 Å². The SMILES string of the molecule is C=CCCCN1CCC(CCN)CC1. The standard InChI is InChI=1S/C12H24N2/c1-2-3-4-9-14-10-6-12(5-8-13)7-11-14/h2,12H,1,3-11,13H2. The van der Waals surface area contributed by atoms with Crippen LogP contribution < -0.4 is 5.73 Å². The van der Waals surface area contributed by atoms with E-state index in [9.17, 15) is 0 Å². The van der Waals surface area contributed by atoms with E-state index >= 15 is 0 Å². The van der Waals surface area contributed by atoms with Crippen molar-refractivity contribution in [3.05, 3.63) is 12.7 Å². The lowest BCUT2D eigenvalue weighted by molar-refractivity contribution is 0.179. The van der Waals surface area contributed by atoms with E-state index in [1.165, 1.54) is 45.3 Å². The summed E-state index contributed by atoms with van der Waals surface area (Å²) in [4.78, 5) is 2.58. The predicted molar refractivity (Wildman–Crippen MR) is 62.3 cm³/mol. The average molecular weight is 196 g/mol. The van der Waals surface area contributed by atoms with Crippen LogP contribution in [0.2, 0.25) is 0 Å². The lowest BCUT2D eigenvalue weighted by Crippen LogP contribution is -2.34. The molecular weight excluding hydrogens is 172 g/mol. The molecule has 1 saturated heterocycles. The van der Waals surface area contributed by atoms with Gasteiger partial charge in [0.2, 0.25) is 0 Å². The van der Waals surface area contributed by atoms with Gasteiger partial charge in [0.05, 0.1) is 0 Å². The molecule has 1 fully saturated rings. The summed E-state index contributed by atoms with van der Waals surface area (Å²) in [5, 5.41) is 0. The van der Waals surface area contributed by atoms with Crippen molar-refractivity contribution >= 4 is 0 Å². The van der Waals surface area contributed by atoms with Gasteiger partial charge in [0, 0.05) is 0 Å². The molecule has 1 heterocycles. The van der Waals surface area contributed by atoms with Gasteiger partial charge in [0.1, 0.15) is 0 Å². The fourth-order valence-corrected chi connectivity index (χ4v) is 2.19. The molecule has 82 valence electrons. The minimum Gasteiger partial charge on any atom is -0.330 e. The zero-order valence-electron chi connectivity index (χ0n) is 9.25. The summed E-state index contributed by atoms with van der Waals surface area (Å²) in [6.07, 6.45) is 8.37. The summed E-state index contributed by atoms with van der Waals surface area (Å²) < 4.78 is 0. The molecule has 0 aromatic heterocycles. The number of unbranched alkanes of at least 4 members (excludes halogenated alkanes) is 1. The van der Waals surface area contributed by atoms with Gasteiger partial charge in [-0.05, 0) is 64.2 Å². The molecule has 0 aliphatic carbocycles. The van der Waals surface area contributed by atoms with E-state index in [0.29, 0.717) is 0 Å². The molecule has 1 aliphatic rings. The number of nitrogens with two attached hydrogens (primary N) is 1. The van der Waals surface area contributed by atoms with E-state index < -0.39 is 0 Å². The van der Waals surface area contributed by atoms with E-state index in [1.54, 1.807) is 0 Å². The van der Waals surface area contributed by atoms with Crippen LogP contribution in [0, 0.1) is 5.92 Å². The summed E-state index contributed by atoms with van der Waals surface area (Å²) in [7, 11) is 0. The Hall–Kier alpha value is -0.340. The number of piperidine rings is 1. The van der Waals surface area contributed by atoms with E-state index in [4.69, 9.17) is 5.73 Å². The second-order valence-electron chi connectivity index (χ2n) is 4.29. The van der Waals surface area contributed by atoms with Gasteiger partial charge in [0.25, 0.3) is 0 Å². The Bertz CT molecular complexity index is 148. The van der Waals surface area contributed by atoms with Gasteiger partial charge in [-0.3, -0.25) is 0 Å². The summed E-state index contributed by atoms with van der Waals surface area (Å²) in [5.41, 5.74) is 5.57. The van der Waals surface area contributed by atoms with Gasteiger partial charge in [-0.2, -0.15) is 0 Å². The van der Waals surface area contributed by atoms with E-state index in [-0.39, 0.29) is 0 Å². The zero-order chi connectivity index (χ0) is 10.2. The fraction of sp³-hybridized carbons (Fsp3) is 0.833. The van der Waals surface area contributed by atoms with E-state index in [0.717, 1.165) is 18.9 Å². The topological polar surface area (TPSA) is 29.3 Å². The molecule has 0 amide bonds. The number of rotatable bonds is 6. The molecule has 0 saturated carbocycles. The maximum Gasteiger partial charge on any atom is -0.00158 e. The maximum atomic E-state index is 5.57. The first-order valence-electron chi connectivity index (χ1n) is 5.90. The highest BCUT2D eigenvalue weighted by Gasteiger charge is 2.17. The quantitative estimate of drug-likeness (QED) is 0.520. The van der Waals surface area contributed by atoms with Crippen LogP contribution in [0.5, 0.6) is 0 Å². The van der Waals surface area contributed by atoms with Gasteiger partial charge in [-0.1, -0.05) is 6.08 Å². The van der Waals surface area contributed by atoms with Crippen molar-refractivity contribution in [2.75, 3.05) is 26.2 Å². The first-order valence-corrected chi connectivity index (χ1v) is 5.90. The van der Waals surface area contributed by atoms with Crippen molar-refractivity contribution < 1.29 is 0 Å². The molecule has 0 radical (unpaired) electrons. The van der Waals surface area contributed by atoms with Crippen molar-refractivity contribution in [3.63, 3.8) is 0 Å². The van der Waals surface area contributed by atoms with Crippen LogP contribution in [0.25, 0.3) is 0 Å². The van der Waals surface area contributed by atoms with Crippen molar-refractivity contribution in [3.8, 4) is 0 Å². The average Bonchev–Trinajstić information content (AvgIpc) is 2.21. The maximum absolute atomic E-state index is 5.57. The smallest absolute Gasteiger partial charge is 0.00158 e. The Morgan fingerprint density at radius 1 is 1.36 bits per heavy atom. The van der Waals surface area contributed by atoms with Crippen molar-refractivity contribution in [1.82, 2.24) is 4.90 Å². The zero-order valence-corrected chi connectivity index (χ0v) is 9.25. The van der Waals surface area contributed by atoms with Gasteiger partial charge in [-0.15, -0.1) is 6.58 Å². The molecule has 2 N–H and O–H groups in total. The number of hydrogen-bond donors (Lipinski definition) is 1. The molecular formula is C12H24N2. The Labute approximate surface area is 88.2 Å². The van der Waals surface area contributed by atoms with Gasteiger partial charge >= 0.3 is 0 Å². The van der Waals surface area contributed by atoms with Crippen molar-refractivity contribution in [2.45, 2.75) is 32.1 Å². The monoisotopic (exact) mass is 196 g/mol. The molecule has 14 heavy (non-hydrogen) atoms. The lowest BCUT2D eigenvalue weighted by Gasteiger charge is -2.31. The van der Waals surface area contributed by atoms with E-state index in [2.05, 4.69) is 11.5 Å². The predicted octanol–water partition coefficient (Wildman–Crippen LogP) is 2.01. The minimum absolute atomic E-state index is 0.862. The van der Waals surface area contributed by atoms with Crippen LogP contribution >= 0.6 is 0 Å². The van der Waals surface area contributed by atoms with Crippen LogP contribution in [-0.2, 0) is 0 Å². The number of nitrogens with zero attached hydrogens (tertiary/aromatic N) is 1. The minimum atomic E-state index is 0.862. The van der Waals surface area contributed by atoms with Crippen LogP contribution in [0.15, 0.2) is 12.7 Å². The highest BCUT2D eigenvalue weighted by Crippen LogP contribution is 2.19. The molecule has 1 rings (SSSR count). The van der Waals surface area contributed by atoms with Crippen LogP contribution in [0.4, 0.5) is 0 Å². The Morgan fingerprint density at radius 3 is 2.64 bits per heavy atom. The van der Waals surface area contributed by atoms with Crippen molar-refractivity contribution in [1.29, 1.82) is 0 Å².